The van der Waals surface area contributed by atoms with Crippen LogP contribution in [0.5, 0.6) is 0 Å². The van der Waals surface area contributed by atoms with E-state index in [2.05, 4.69) is 25.7 Å². The van der Waals surface area contributed by atoms with Gasteiger partial charge in [-0.1, -0.05) is 72.8 Å². The third-order valence-electron chi connectivity index (χ3n) is 5.96. The Morgan fingerprint density at radius 2 is 1.56 bits per heavy atom. The van der Waals surface area contributed by atoms with Crippen molar-refractivity contribution in [2.45, 2.75) is 19.0 Å². The fourth-order valence-corrected chi connectivity index (χ4v) is 4.16. The molecular weight excluding hydrogens is 455 g/mol. The zero-order chi connectivity index (χ0) is 24.7. The van der Waals surface area contributed by atoms with Crippen LogP contribution in [0, 0.1) is 5.82 Å². The van der Waals surface area contributed by atoms with Crippen LogP contribution in [0.15, 0.2) is 97.5 Å². The van der Waals surface area contributed by atoms with Crippen molar-refractivity contribution in [3.8, 4) is 0 Å². The van der Waals surface area contributed by atoms with Crippen molar-refractivity contribution in [3.05, 3.63) is 120 Å². The van der Waals surface area contributed by atoms with Crippen molar-refractivity contribution >= 4 is 22.8 Å². The van der Waals surface area contributed by atoms with E-state index in [1.165, 1.54) is 18.5 Å². The van der Waals surface area contributed by atoms with E-state index >= 15 is 0 Å². The molecule has 0 bridgehead atoms. The molecule has 0 aliphatic heterocycles. The van der Waals surface area contributed by atoms with Gasteiger partial charge in [0.05, 0.1) is 24.0 Å². The number of carbonyl (C=O) groups excluding carboxylic acids is 1. The van der Waals surface area contributed by atoms with Gasteiger partial charge in [-0.2, -0.15) is 5.10 Å². The highest BCUT2D eigenvalue weighted by molar-refractivity contribution is 5.87. The summed E-state index contributed by atoms with van der Waals surface area (Å²) in [5.41, 5.74) is 3.49. The molecule has 0 saturated carbocycles. The van der Waals surface area contributed by atoms with Gasteiger partial charge in [-0.05, 0) is 28.8 Å². The summed E-state index contributed by atoms with van der Waals surface area (Å²) in [6.45, 7) is 1.35. The highest BCUT2D eigenvalue weighted by Gasteiger charge is 2.22. The van der Waals surface area contributed by atoms with Crippen molar-refractivity contribution in [1.29, 1.82) is 0 Å². The van der Waals surface area contributed by atoms with E-state index in [9.17, 15) is 9.18 Å². The molecule has 0 aliphatic rings. The number of nitrogens with one attached hydrogen (secondary N) is 2. The molecule has 180 valence electrons. The Kier molecular flexibility index (Phi) is 6.93. The van der Waals surface area contributed by atoms with E-state index in [0.717, 1.165) is 22.1 Å². The molecule has 7 nitrogen and oxygen atoms in total. The number of hydrogen-bond donors (Lipinski definition) is 2. The summed E-state index contributed by atoms with van der Waals surface area (Å²) >= 11 is 0. The lowest BCUT2D eigenvalue weighted by Crippen LogP contribution is -2.32. The zero-order valence-electron chi connectivity index (χ0n) is 19.5. The number of benzene rings is 3. The maximum Gasteiger partial charge on any atom is 0.232 e. The number of nitrogens with zero attached hydrogens (tertiary/aromatic N) is 4. The second-order valence-corrected chi connectivity index (χ2v) is 8.35. The van der Waals surface area contributed by atoms with Crippen LogP contribution in [-0.2, 0) is 17.9 Å². The van der Waals surface area contributed by atoms with Gasteiger partial charge in [0.25, 0.3) is 0 Å². The van der Waals surface area contributed by atoms with Gasteiger partial charge < -0.3 is 10.6 Å². The number of rotatable bonds is 9. The second-order valence-electron chi connectivity index (χ2n) is 8.35. The van der Waals surface area contributed by atoms with Gasteiger partial charge in [-0.3, -0.25) is 4.79 Å². The molecule has 0 spiro atoms. The topological polar surface area (TPSA) is 84.7 Å². The van der Waals surface area contributed by atoms with Gasteiger partial charge in [0.15, 0.2) is 5.65 Å². The van der Waals surface area contributed by atoms with E-state index in [1.54, 1.807) is 23.0 Å². The number of aromatic nitrogens is 4. The molecule has 2 heterocycles. The summed E-state index contributed by atoms with van der Waals surface area (Å²) in [6, 6.07) is 25.8. The smallest absolute Gasteiger partial charge is 0.232 e. The van der Waals surface area contributed by atoms with Gasteiger partial charge in [-0.15, -0.1) is 0 Å². The third-order valence-corrected chi connectivity index (χ3v) is 5.96. The molecule has 5 rings (SSSR count). The van der Waals surface area contributed by atoms with Gasteiger partial charge >= 0.3 is 0 Å². The lowest BCUT2D eigenvalue weighted by molar-refractivity contribution is -0.121. The molecule has 8 heteroatoms. The predicted octanol–water partition coefficient (Wildman–Crippen LogP) is 4.53. The Morgan fingerprint density at radius 3 is 2.22 bits per heavy atom. The number of fused-ring (bicyclic) bond motifs is 1. The summed E-state index contributed by atoms with van der Waals surface area (Å²) < 4.78 is 14.9. The minimum absolute atomic E-state index is 0.0693. The first-order valence-corrected chi connectivity index (χ1v) is 11.7. The molecule has 0 atom stereocenters. The summed E-state index contributed by atoms with van der Waals surface area (Å²) in [7, 11) is 0. The molecule has 0 aliphatic carbocycles. The number of carbonyl (C=O) groups is 1. The van der Waals surface area contributed by atoms with E-state index < -0.39 is 5.92 Å². The van der Waals surface area contributed by atoms with Crippen LogP contribution in [0.3, 0.4) is 0 Å². The Hall–Kier alpha value is -4.59. The maximum atomic E-state index is 13.2. The minimum Gasteiger partial charge on any atom is -0.365 e. The molecule has 0 fully saturated rings. The normalized spacial score (nSPS) is 11.1. The molecule has 2 aromatic heterocycles. The lowest BCUT2D eigenvalue weighted by Gasteiger charge is -2.18. The number of halogens is 1. The summed E-state index contributed by atoms with van der Waals surface area (Å²) in [5.74, 6) is -0.0882. The summed E-state index contributed by atoms with van der Waals surface area (Å²) in [6.07, 6.45) is 3.19. The van der Waals surface area contributed by atoms with Crippen molar-refractivity contribution in [1.82, 2.24) is 25.1 Å². The number of hydrogen-bond acceptors (Lipinski definition) is 5. The quantitative estimate of drug-likeness (QED) is 0.324. The van der Waals surface area contributed by atoms with Crippen LogP contribution in [-0.4, -0.2) is 32.2 Å². The SMILES string of the molecule is O=C(NCCn1ncc2c(NCc3ccc(F)cc3)ncnc21)C(c1ccccc1)c1ccccc1. The predicted molar refractivity (Wildman–Crippen MR) is 137 cm³/mol. The average Bonchev–Trinajstić information content (AvgIpc) is 3.33. The molecule has 0 unspecified atom stereocenters. The van der Waals surface area contributed by atoms with E-state index in [-0.39, 0.29) is 11.7 Å². The molecule has 0 radical (unpaired) electrons. The van der Waals surface area contributed by atoms with Crippen LogP contribution < -0.4 is 10.6 Å². The summed E-state index contributed by atoms with van der Waals surface area (Å²) in [5, 5.41) is 11.6. The molecule has 0 saturated heterocycles. The zero-order valence-corrected chi connectivity index (χ0v) is 19.5. The number of anilines is 1. The molecule has 5 aromatic rings. The fraction of sp³-hybridized carbons (Fsp3) is 0.143. The third kappa shape index (κ3) is 5.22. The largest absolute Gasteiger partial charge is 0.365 e. The van der Waals surface area contributed by atoms with Crippen molar-refractivity contribution in [2.75, 3.05) is 11.9 Å². The molecular formula is C28H25FN6O. The van der Waals surface area contributed by atoms with Crippen LogP contribution in [0.25, 0.3) is 11.0 Å². The summed E-state index contributed by atoms with van der Waals surface area (Å²) in [4.78, 5) is 21.9. The highest BCUT2D eigenvalue weighted by atomic mass is 19.1. The first-order chi connectivity index (χ1) is 17.7. The first kappa shape index (κ1) is 23.2. The fourth-order valence-electron chi connectivity index (χ4n) is 4.16. The Balaban J connectivity index is 1.26. The van der Waals surface area contributed by atoms with Gasteiger partial charge in [0.2, 0.25) is 5.91 Å². The standard InChI is InChI=1S/C28H25FN6O/c29-23-13-11-20(12-14-23)17-31-26-24-18-34-35(27(24)33-19-32-26)16-15-30-28(36)25(21-7-3-1-4-8-21)22-9-5-2-6-10-22/h1-14,18-19,25H,15-17H2,(H,30,36)(H,31,32,33). The van der Waals surface area contributed by atoms with Crippen molar-refractivity contribution < 1.29 is 9.18 Å². The molecule has 1 amide bonds. The van der Waals surface area contributed by atoms with Crippen LogP contribution in [0.2, 0.25) is 0 Å². The van der Waals surface area contributed by atoms with Gasteiger partial charge in [0, 0.05) is 13.1 Å². The maximum absolute atomic E-state index is 13.2. The second kappa shape index (κ2) is 10.8. The molecule has 3 aromatic carbocycles. The molecule has 2 N–H and O–H groups in total. The van der Waals surface area contributed by atoms with Crippen LogP contribution >= 0.6 is 0 Å². The van der Waals surface area contributed by atoms with Crippen molar-refractivity contribution in [3.63, 3.8) is 0 Å². The van der Waals surface area contributed by atoms with Crippen LogP contribution in [0.1, 0.15) is 22.6 Å². The van der Waals surface area contributed by atoms with E-state index in [1.807, 2.05) is 60.7 Å². The Morgan fingerprint density at radius 1 is 0.889 bits per heavy atom. The highest BCUT2D eigenvalue weighted by Crippen LogP contribution is 2.25. The minimum atomic E-state index is -0.397. The lowest BCUT2D eigenvalue weighted by atomic mass is 9.90. The Bertz CT molecular complexity index is 1400. The van der Waals surface area contributed by atoms with E-state index in [0.29, 0.717) is 31.1 Å². The average molecular weight is 481 g/mol. The first-order valence-electron chi connectivity index (χ1n) is 11.7. The van der Waals surface area contributed by atoms with Gasteiger partial charge in [-0.25, -0.2) is 19.0 Å². The van der Waals surface area contributed by atoms with Crippen LogP contribution in [0.4, 0.5) is 10.2 Å². The molecule has 36 heavy (non-hydrogen) atoms. The Labute approximate surface area is 208 Å². The van der Waals surface area contributed by atoms with Gasteiger partial charge in [0.1, 0.15) is 18.0 Å². The monoisotopic (exact) mass is 480 g/mol. The van der Waals surface area contributed by atoms with Crippen molar-refractivity contribution in [2.24, 2.45) is 0 Å². The van der Waals surface area contributed by atoms with E-state index in [4.69, 9.17) is 0 Å². The number of amides is 1.